The first-order valence-corrected chi connectivity index (χ1v) is 7.85. The number of hydrogen-bond donors (Lipinski definition) is 1. The maximum Gasteiger partial charge on any atom is 0.107 e. The van der Waals surface area contributed by atoms with Crippen LogP contribution in [-0.2, 0) is 6.54 Å². The van der Waals surface area contributed by atoms with E-state index in [0.717, 1.165) is 28.5 Å². The minimum Gasteiger partial charge on any atom is -0.302 e. The van der Waals surface area contributed by atoms with Crippen LogP contribution in [0.5, 0.6) is 0 Å². The smallest absolute Gasteiger partial charge is 0.107 e. The molecule has 0 amide bonds. The maximum absolute atomic E-state index is 4.68. The normalized spacial score (nSPS) is 12.2. The molecule has 0 aliphatic rings. The molecule has 3 nitrogen and oxygen atoms in total. The Hall–Kier alpha value is -2.04. The maximum atomic E-state index is 4.68. The van der Waals surface area contributed by atoms with E-state index >= 15 is 0 Å². The van der Waals surface area contributed by atoms with Crippen LogP contribution >= 0.6 is 11.3 Å². The van der Waals surface area contributed by atoms with Gasteiger partial charge >= 0.3 is 0 Å². The first-order valence-electron chi connectivity index (χ1n) is 6.97. The van der Waals surface area contributed by atoms with E-state index in [9.17, 15) is 0 Å². The molecule has 0 unspecified atom stereocenters. The Labute approximate surface area is 128 Å². The van der Waals surface area contributed by atoms with Crippen molar-refractivity contribution in [3.63, 3.8) is 0 Å². The monoisotopic (exact) mass is 295 g/mol. The Balaban J connectivity index is 1.63. The lowest BCUT2D eigenvalue weighted by Gasteiger charge is -2.11. The Kier molecular flexibility index (Phi) is 4.38. The van der Waals surface area contributed by atoms with Crippen molar-refractivity contribution in [2.45, 2.75) is 19.5 Å². The quantitative estimate of drug-likeness (QED) is 0.771. The molecule has 1 atom stereocenters. The summed E-state index contributed by atoms with van der Waals surface area (Å²) in [7, 11) is 0. The summed E-state index contributed by atoms with van der Waals surface area (Å²) >= 11 is 1.69. The minimum atomic E-state index is 0.218. The Morgan fingerprint density at radius 3 is 2.67 bits per heavy atom. The SMILES string of the molecule is C[C@H](NCc1nc(-c2ccccc2)cs1)c1ccccn1. The molecule has 1 aromatic carbocycles. The van der Waals surface area contributed by atoms with Gasteiger partial charge in [0.1, 0.15) is 5.01 Å². The van der Waals surface area contributed by atoms with Gasteiger partial charge in [-0.05, 0) is 19.1 Å². The third-order valence-electron chi connectivity index (χ3n) is 3.31. The van der Waals surface area contributed by atoms with Gasteiger partial charge in [-0.15, -0.1) is 11.3 Å². The molecule has 4 heteroatoms. The number of pyridine rings is 1. The summed E-state index contributed by atoms with van der Waals surface area (Å²) in [6.07, 6.45) is 1.82. The molecule has 0 aliphatic carbocycles. The van der Waals surface area contributed by atoms with Crippen LogP contribution in [0, 0.1) is 0 Å². The van der Waals surface area contributed by atoms with Gasteiger partial charge < -0.3 is 5.32 Å². The number of hydrogen-bond acceptors (Lipinski definition) is 4. The molecule has 21 heavy (non-hydrogen) atoms. The highest BCUT2D eigenvalue weighted by Gasteiger charge is 2.08. The van der Waals surface area contributed by atoms with Crippen LogP contribution in [0.2, 0.25) is 0 Å². The molecule has 3 rings (SSSR count). The molecule has 0 saturated heterocycles. The third kappa shape index (κ3) is 3.54. The van der Waals surface area contributed by atoms with Gasteiger partial charge in [-0.1, -0.05) is 36.4 Å². The van der Waals surface area contributed by atoms with Crippen molar-refractivity contribution in [2.24, 2.45) is 0 Å². The second-order valence-corrected chi connectivity index (χ2v) is 5.79. The fourth-order valence-corrected chi connectivity index (χ4v) is 2.86. The zero-order valence-corrected chi connectivity index (χ0v) is 12.7. The van der Waals surface area contributed by atoms with E-state index in [1.165, 1.54) is 0 Å². The summed E-state index contributed by atoms with van der Waals surface area (Å²) in [5, 5.41) is 6.67. The highest BCUT2D eigenvalue weighted by atomic mass is 32.1. The van der Waals surface area contributed by atoms with Crippen LogP contribution in [-0.4, -0.2) is 9.97 Å². The van der Waals surface area contributed by atoms with Gasteiger partial charge in [0.05, 0.1) is 11.4 Å². The van der Waals surface area contributed by atoms with Gasteiger partial charge in [0.2, 0.25) is 0 Å². The predicted octanol–water partition coefficient (Wildman–Crippen LogP) is 4.06. The lowest BCUT2D eigenvalue weighted by molar-refractivity contribution is 0.560. The first-order chi connectivity index (χ1) is 10.3. The average molecular weight is 295 g/mol. The van der Waals surface area contributed by atoms with Crippen LogP contribution < -0.4 is 5.32 Å². The van der Waals surface area contributed by atoms with Gasteiger partial charge in [0, 0.05) is 29.7 Å². The number of aromatic nitrogens is 2. The van der Waals surface area contributed by atoms with E-state index in [1.807, 2.05) is 42.6 Å². The topological polar surface area (TPSA) is 37.8 Å². The highest BCUT2D eigenvalue weighted by Crippen LogP contribution is 2.21. The summed E-state index contributed by atoms with van der Waals surface area (Å²) < 4.78 is 0. The van der Waals surface area contributed by atoms with Crippen LogP contribution in [0.3, 0.4) is 0 Å². The van der Waals surface area contributed by atoms with Gasteiger partial charge in [-0.3, -0.25) is 4.98 Å². The lowest BCUT2D eigenvalue weighted by atomic mass is 10.2. The van der Waals surface area contributed by atoms with Crippen molar-refractivity contribution in [3.05, 3.63) is 70.8 Å². The van der Waals surface area contributed by atoms with E-state index in [1.54, 1.807) is 11.3 Å². The molecule has 0 radical (unpaired) electrons. The van der Waals surface area contributed by atoms with E-state index in [2.05, 4.69) is 39.7 Å². The van der Waals surface area contributed by atoms with Gasteiger partial charge in [0.25, 0.3) is 0 Å². The summed E-state index contributed by atoms with van der Waals surface area (Å²) in [5.74, 6) is 0. The number of rotatable bonds is 5. The van der Waals surface area contributed by atoms with Crippen molar-refractivity contribution < 1.29 is 0 Å². The van der Waals surface area contributed by atoms with Gasteiger partial charge in [-0.2, -0.15) is 0 Å². The third-order valence-corrected chi connectivity index (χ3v) is 4.16. The zero-order chi connectivity index (χ0) is 14.5. The largest absolute Gasteiger partial charge is 0.302 e. The molecule has 0 bridgehead atoms. The molecule has 0 aliphatic heterocycles. The van der Waals surface area contributed by atoms with Crippen LogP contribution in [0.4, 0.5) is 0 Å². The number of nitrogens with one attached hydrogen (secondary N) is 1. The van der Waals surface area contributed by atoms with E-state index in [0.29, 0.717) is 0 Å². The Morgan fingerprint density at radius 2 is 1.90 bits per heavy atom. The van der Waals surface area contributed by atoms with E-state index < -0.39 is 0 Å². The Bertz CT molecular complexity index is 680. The van der Waals surface area contributed by atoms with Crippen molar-refractivity contribution in [3.8, 4) is 11.3 Å². The van der Waals surface area contributed by atoms with Crippen LogP contribution in [0.1, 0.15) is 23.7 Å². The molecule has 2 heterocycles. The van der Waals surface area contributed by atoms with E-state index in [-0.39, 0.29) is 6.04 Å². The fraction of sp³-hybridized carbons (Fsp3) is 0.176. The van der Waals surface area contributed by atoms with Crippen molar-refractivity contribution >= 4 is 11.3 Å². The lowest BCUT2D eigenvalue weighted by Crippen LogP contribution is -2.18. The van der Waals surface area contributed by atoms with Crippen molar-refractivity contribution in [1.82, 2.24) is 15.3 Å². The minimum absolute atomic E-state index is 0.218. The van der Waals surface area contributed by atoms with E-state index in [4.69, 9.17) is 0 Å². The molecule has 0 saturated carbocycles. The molecule has 106 valence electrons. The molecular formula is C17H17N3S. The van der Waals surface area contributed by atoms with Crippen molar-refractivity contribution in [1.29, 1.82) is 0 Å². The van der Waals surface area contributed by atoms with Crippen molar-refractivity contribution in [2.75, 3.05) is 0 Å². The van der Waals surface area contributed by atoms with Gasteiger partial charge in [0.15, 0.2) is 0 Å². The highest BCUT2D eigenvalue weighted by molar-refractivity contribution is 7.09. The van der Waals surface area contributed by atoms with Crippen LogP contribution in [0.25, 0.3) is 11.3 Å². The summed E-state index contributed by atoms with van der Waals surface area (Å²) in [4.78, 5) is 9.05. The Morgan fingerprint density at radius 1 is 1.10 bits per heavy atom. The zero-order valence-electron chi connectivity index (χ0n) is 11.9. The number of nitrogens with zero attached hydrogens (tertiary/aromatic N) is 2. The summed E-state index contributed by atoms with van der Waals surface area (Å²) in [6, 6.07) is 16.5. The number of thiazole rings is 1. The fourth-order valence-electron chi connectivity index (χ4n) is 2.11. The molecule has 0 fully saturated rings. The summed E-state index contributed by atoms with van der Waals surface area (Å²) in [6.45, 7) is 2.88. The molecule has 0 spiro atoms. The molecular weight excluding hydrogens is 278 g/mol. The molecule has 1 N–H and O–H groups in total. The average Bonchev–Trinajstić information content (AvgIpc) is 3.03. The first kappa shape index (κ1) is 13.9. The van der Waals surface area contributed by atoms with Gasteiger partial charge in [-0.25, -0.2) is 4.98 Å². The predicted molar refractivity (Wildman–Crippen MR) is 87.0 cm³/mol. The van der Waals surface area contributed by atoms with Crippen LogP contribution in [0.15, 0.2) is 60.1 Å². The second-order valence-electron chi connectivity index (χ2n) is 4.85. The molecule has 3 aromatic rings. The number of benzene rings is 1. The second kappa shape index (κ2) is 6.61. The standard InChI is InChI=1S/C17H17N3S/c1-13(15-9-5-6-10-18-15)19-11-17-20-16(12-21-17)14-7-3-2-4-8-14/h2-10,12-13,19H,11H2,1H3/t13-/m0/s1. The molecule has 2 aromatic heterocycles. The summed E-state index contributed by atoms with van der Waals surface area (Å²) in [5.41, 5.74) is 3.26.